The highest BCUT2D eigenvalue weighted by Crippen LogP contribution is 2.17. The number of nitrogens with zero attached hydrogens (tertiary/aromatic N) is 1. The zero-order valence-electron chi connectivity index (χ0n) is 7.00. The highest BCUT2D eigenvalue weighted by Gasteiger charge is 1.97. The van der Waals surface area contributed by atoms with Crippen molar-refractivity contribution in [3.63, 3.8) is 0 Å². The molecule has 0 aliphatic rings. The maximum Gasteiger partial charge on any atom is 0.0650 e. The maximum atomic E-state index is 3.91. The second-order valence-electron chi connectivity index (χ2n) is 2.80. The Kier molecular flexibility index (Phi) is 2.45. The van der Waals surface area contributed by atoms with Crippen LogP contribution in [0.15, 0.2) is 36.5 Å². The lowest BCUT2D eigenvalue weighted by Gasteiger charge is -1.98. The molecule has 0 aliphatic heterocycles. The SMILES string of the molecule is BrCc1ccc(-c2ccn[nH]2)cc1. The Morgan fingerprint density at radius 1 is 1.15 bits per heavy atom. The number of aromatic amines is 1. The minimum Gasteiger partial charge on any atom is -0.278 e. The first-order chi connectivity index (χ1) is 6.40. The quantitative estimate of drug-likeness (QED) is 0.799. The molecule has 1 N–H and O–H groups in total. The largest absolute Gasteiger partial charge is 0.278 e. The monoisotopic (exact) mass is 236 g/mol. The third-order valence-electron chi connectivity index (χ3n) is 1.92. The second kappa shape index (κ2) is 3.75. The summed E-state index contributed by atoms with van der Waals surface area (Å²) in [6.45, 7) is 0. The van der Waals surface area contributed by atoms with Crippen molar-refractivity contribution in [2.75, 3.05) is 0 Å². The predicted molar refractivity (Wildman–Crippen MR) is 56.7 cm³/mol. The van der Waals surface area contributed by atoms with Crippen molar-refractivity contribution in [1.82, 2.24) is 10.2 Å². The number of halogens is 1. The van der Waals surface area contributed by atoms with Crippen LogP contribution < -0.4 is 0 Å². The van der Waals surface area contributed by atoms with Crippen LogP contribution in [0.2, 0.25) is 0 Å². The van der Waals surface area contributed by atoms with Gasteiger partial charge in [0.2, 0.25) is 0 Å². The Hall–Kier alpha value is -1.09. The van der Waals surface area contributed by atoms with Gasteiger partial charge in [-0.15, -0.1) is 0 Å². The molecule has 0 unspecified atom stereocenters. The fourth-order valence-corrected chi connectivity index (χ4v) is 1.56. The van der Waals surface area contributed by atoms with Gasteiger partial charge in [0.1, 0.15) is 0 Å². The fraction of sp³-hybridized carbons (Fsp3) is 0.100. The number of alkyl halides is 1. The molecule has 0 spiro atoms. The molecule has 1 aromatic heterocycles. The number of nitrogens with one attached hydrogen (secondary N) is 1. The minimum atomic E-state index is 0.899. The molecule has 66 valence electrons. The number of H-pyrrole nitrogens is 1. The van der Waals surface area contributed by atoms with Crippen molar-refractivity contribution in [1.29, 1.82) is 0 Å². The lowest BCUT2D eigenvalue weighted by atomic mass is 10.1. The van der Waals surface area contributed by atoms with E-state index in [2.05, 4.69) is 50.4 Å². The average molecular weight is 237 g/mol. The van der Waals surface area contributed by atoms with Gasteiger partial charge in [-0.2, -0.15) is 5.10 Å². The van der Waals surface area contributed by atoms with Gasteiger partial charge in [0.15, 0.2) is 0 Å². The minimum absolute atomic E-state index is 0.899. The van der Waals surface area contributed by atoms with Gasteiger partial charge in [0.25, 0.3) is 0 Å². The van der Waals surface area contributed by atoms with Crippen molar-refractivity contribution in [3.05, 3.63) is 42.1 Å². The number of aromatic nitrogens is 2. The maximum absolute atomic E-state index is 3.91. The average Bonchev–Trinajstić information content (AvgIpc) is 2.71. The first-order valence-corrected chi connectivity index (χ1v) is 5.17. The fourth-order valence-electron chi connectivity index (χ4n) is 1.19. The van der Waals surface area contributed by atoms with Gasteiger partial charge >= 0.3 is 0 Å². The van der Waals surface area contributed by atoms with E-state index in [4.69, 9.17) is 0 Å². The molecule has 13 heavy (non-hydrogen) atoms. The van der Waals surface area contributed by atoms with Crippen LogP contribution in [-0.4, -0.2) is 10.2 Å². The Bertz CT molecular complexity index is 364. The molecule has 0 radical (unpaired) electrons. The Morgan fingerprint density at radius 3 is 2.46 bits per heavy atom. The molecule has 0 aliphatic carbocycles. The lowest BCUT2D eigenvalue weighted by Crippen LogP contribution is -1.80. The van der Waals surface area contributed by atoms with Gasteiger partial charge in [-0.3, -0.25) is 5.10 Å². The molecule has 0 saturated heterocycles. The summed E-state index contributed by atoms with van der Waals surface area (Å²) >= 11 is 3.41. The number of hydrogen-bond donors (Lipinski definition) is 1. The zero-order chi connectivity index (χ0) is 9.10. The first-order valence-electron chi connectivity index (χ1n) is 4.05. The van der Waals surface area contributed by atoms with Crippen LogP contribution in [0.5, 0.6) is 0 Å². The summed E-state index contributed by atoms with van der Waals surface area (Å²) in [5.41, 5.74) is 3.51. The highest BCUT2D eigenvalue weighted by molar-refractivity contribution is 9.08. The molecule has 1 aromatic carbocycles. The third kappa shape index (κ3) is 1.80. The van der Waals surface area contributed by atoms with Gasteiger partial charge in [-0.25, -0.2) is 0 Å². The Balaban J connectivity index is 2.33. The first kappa shape index (κ1) is 8.51. The molecule has 2 nitrogen and oxygen atoms in total. The molecule has 0 fully saturated rings. The van der Waals surface area contributed by atoms with Gasteiger partial charge < -0.3 is 0 Å². The van der Waals surface area contributed by atoms with E-state index >= 15 is 0 Å². The van der Waals surface area contributed by atoms with E-state index in [0.29, 0.717) is 0 Å². The molecule has 0 atom stereocenters. The molecule has 2 aromatic rings. The molecule has 3 heteroatoms. The van der Waals surface area contributed by atoms with Crippen LogP contribution in [0.1, 0.15) is 5.56 Å². The molecule has 1 heterocycles. The van der Waals surface area contributed by atoms with Crippen molar-refractivity contribution < 1.29 is 0 Å². The van der Waals surface area contributed by atoms with E-state index in [0.717, 1.165) is 11.0 Å². The summed E-state index contributed by atoms with van der Waals surface area (Å²) in [6.07, 6.45) is 1.76. The van der Waals surface area contributed by atoms with E-state index in [1.54, 1.807) is 6.20 Å². The highest BCUT2D eigenvalue weighted by atomic mass is 79.9. The predicted octanol–water partition coefficient (Wildman–Crippen LogP) is 2.97. The molecular weight excluding hydrogens is 228 g/mol. The summed E-state index contributed by atoms with van der Waals surface area (Å²) in [5.74, 6) is 0. The molecule has 0 amide bonds. The summed E-state index contributed by atoms with van der Waals surface area (Å²) < 4.78 is 0. The molecular formula is C10H9BrN2. The normalized spacial score (nSPS) is 10.2. The van der Waals surface area contributed by atoms with E-state index in [1.807, 2.05) is 6.07 Å². The standard InChI is InChI=1S/C10H9BrN2/c11-7-8-1-3-9(4-2-8)10-5-6-12-13-10/h1-6H,7H2,(H,12,13). The van der Waals surface area contributed by atoms with Crippen LogP contribution in [0.4, 0.5) is 0 Å². The van der Waals surface area contributed by atoms with Crippen molar-refractivity contribution in [2.24, 2.45) is 0 Å². The van der Waals surface area contributed by atoms with E-state index < -0.39 is 0 Å². The van der Waals surface area contributed by atoms with Gasteiger partial charge in [0.05, 0.1) is 5.69 Å². The number of rotatable bonds is 2. The summed E-state index contributed by atoms with van der Waals surface area (Å²) in [7, 11) is 0. The molecule has 2 rings (SSSR count). The van der Waals surface area contributed by atoms with E-state index in [1.165, 1.54) is 11.1 Å². The van der Waals surface area contributed by atoms with Crippen LogP contribution in [0.3, 0.4) is 0 Å². The Morgan fingerprint density at radius 2 is 1.92 bits per heavy atom. The third-order valence-corrected chi connectivity index (χ3v) is 2.57. The van der Waals surface area contributed by atoms with E-state index in [9.17, 15) is 0 Å². The summed E-state index contributed by atoms with van der Waals surface area (Å²) in [5, 5.41) is 7.74. The van der Waals surface area contributed by atoms with Gasteiger partial charge in [0, 0.05) is 11.5 Å². The molecule has 0 bridgehead atoms. The number of hydrogen-bond acceptors (Lipinski definition) is 1. The Labute approximate surface area is 85.1 Å². The van der Waals surface area contributed by atoms with Gasteiger partial charge in [-0.05, 0) is 17.2 Å². The van der Waals surface area contributed by atoms with Crippen LogP contribution in [0, 0.1) is 0 Å². The second-order valence-corrected chi connectivity index (χ2v) is 3.36. The van der Waals surface area contributed by atoms with Crippen LogP contribution in [-0.2, 0) is 5.33 Å². The lowest BCUT2D eigenvalue weighted by molar-refractivity contribution is 1.09. The van der Waals surface area contributed by atoms with Crippen LogP contribution >= 0.6 is 15.9 Å². The van der Waals surface area contributed by atoms with Crippen molar-refractivity contribution in [2.45, 2.75) is 5.33 Å². The topological polar surface area (TPSA) is 28.7 Å². The van der Waals surface area contributed by atoms with Crippen molar-refractivity contribution in [3.8, 4) is 11.3 Å². The summed E-state index contributed by atoms with van der Waals surface area (Å²) in [6, 6.07) is 10.3. The summed E-state index contributed by atoms with van der Waals surface area (Å²) in [4.78, 5) is 0. The number of benzene rings is 1. The van der Waals surface area contributed by atoms with Crippen molar-refractivity contribution >= 4 is 15.9 Å². The smallest absolute Gasteiger partial charge is 0.0650 e. The van der Waals surface area contributed by atoms with Gasteiger partial charge in [-0.1, -0.05) is 40.2 Å². The van der Waals surface area contributed by atoms with E-state index in [-0.39, 0.29) is 0 Å². The molecule has 0 saturated carbocycles. The zero-order valence-corrected chi connectivity index (χ0v) is 8.58. The van der Waals surface area contributed by atoms with Crippen LogP contribution in [0.25, 0.3) is 11.3 Å².